The van der Waals surface area contributed by atoms with Crippen molar-refractivity contribution in [2.45, 2.75) is 6.61 Å². The Kier molecular flexibility index (Phi) is 3.11. The van der Waals surface area contributed by atoms with Crippen molar-refractivity contribution >= 4 is 66.6 Å². The topological polar surface area (TPSA) is 20.2 Å². The first-order chi connectivity index (χ1) is 6.24. The normalized spacial score (nSPS) is 11.0. The maximum Gasteiger partial charge on any atom is 0.0706 e. The number of hydrogen-bond acceptors (Lipinski definition) is 2. The van der Waals surface area contributed by atoms with Crippen LogP contribution in [0.15, 0.2) is 17.5 Å². The molecular formula is C9H6I2OS. The van der Waals surface area contributed by atoms with E-state index in [-0.39, 0.29) is 6.61 Å². The summed E-state index contributed by atoms with van der Waals surface area (Å²) in [5, 5.41) is 12.6. The number of aliphatic hydroxyl groups excluding tert-OH is 1. The van der Waals surface area contributed by atoms with E-state index in [2.05, 4.69) is 62.7 Å². The number of benzene rings is 1. The van der Waals surface area contributed by atoms with Crippen LogP contribution in [0, 0.1) is 7.14 Å². The molecular weight excluding hydrogens is 410 g/mol. The standard InChI is InChI=1S/C9H6I2OS/c10-7-2-1-5-8(11)4-13-9(5)6(7)3-12/h1-2,4,12H,3H2. The minimum absolute atomic E-state index is 0.131. The third-order valence-electron chi connectivity index (χ3n) is 1.90. The van der Waals surface area contributed by atoms with Gasteiger partial charge in [-0.25, -0.2) is 0 Å². The SMILES string of the molecule is OCc1c(I)ccc2c(I)csc12. The molecule has 68 valence electrons. The van der Waals surface area contributed by atoms with Crippen LogP contribution in [-0.2, 0) is 6.61 Å². The zero-order valence-corrected chi connectivity index (χ0v) is 11.7. The van der Waals surface area contributed by atoms with Crippen molar-refractivity contribution in [1.82, 2.24) is 0 Å². The van der Waals surface area contributed by atoms with E-state index in [9.17, 15) is 5.11 Å². The fourth-order valence-corrected chi connectivity index (χ4v) is 4.03. The summed E-state index contributed by atoms with van der Waals surface area (Å²) in [6, 6.07) is 4.18. The number of rotatable bonds is 1. The van der Waals surface area contributed by atoms with Gasteiger partial charge in [-0.15, -0.1) is 11.3 Å². The van der Waals surface area contributed by atoms with Gasteiger partial charge >= 0.3 is 0 Å². The van der Waals surface area contributed by atoms with E-state index in [0.29, 0.717) is 0 Å². The average molecular weight is 416 g/mol. The third-order valence-corrected chi connectivity index (χ3v) is 5.28. The summed E-state index contributed by atoms with van der Waals surface area (Å²) < 4.78 is 3.63. The maximum atomic E-state index is 9.23. The van der Waals surface area contributed by atoms with E-state index in [4.69, 9.17) is 0 Å². The Labute approximate surface area is 107 Å². The minimum Gasteiger partial charge on any atom is -0.392 e. The summed E-state index contributed by atoms with van der Waals surface area (Å²) in [5.41, 5.74) is 1.06. The van der Waals surface area contributed by atoms with E-state index in [1.165, 1.54) is 13.7 Å². The number of hydrogen-bond donors (Lipinski definition) is 1. The predicted molar refractivity (Wildman–Crippen MR) is 73.2 cm³/mol. The molecule has 1 aromatic heterocycles. The molecule has 0 atom stereocenters. The number of thiophene rings is 1. The highest BCUT2D eigenvalue weighted by Gasteiger charge is 2.08. The van der Waals surface area contributed by atoms with Gasteiger partial charge in [0.25, 0.3) is 0 Å². The predicted octanol–water partition coefficient (Wildman–Crippen LogP) is 3.60. The van der Waals surface area contributed by atoms with Crippen LogP contribution >= 0.6 is 56.5 Å². The van der Waals surface area contributed by atoms with Crippen LogP contribution < -0.4 is 0 Å². The van der Waals surface area contributed by atoms with Crippen molar-refractivity contribution in [1.29, 1.82) is 0 Å². The van der Waals surface area contributed by atoms with Crippen molar-refractivity contribution in [2.24, 2.45) is 0 Å². The molecule has 0 saturated carbocycles. The number of halogens is 2. The lowest BCUT2D eigenvalue weighted by molar-refractivity contribution is 0.282. The molecule has 1 aromatic carbocycles. The van der Waals surface area contributed by atoms with Crippen LogP contribution in [0.4, 0.5) is 0 Å². The van der Waals surface area contributed by atoms with Gasteiger partial charge in [-0.05, 0) is 51.2 Å². The fourth-order valence-electron chi connectivity index (χ4n) is 1.25. The first kappa shape index (κ1) is 10.1. The van der Waals surface area contributed by atoms with Gasteiger partial charge < -0.3 is 5.11 Å². The summed E-state index contributed by atoms with van der Waals surface area (Å²) in [6.07, 6.45) is 0. The molecule has 13 heavy (non-hydrogen) atoms. The molecule has 0 unspecified atom stereocenters. The molecule has 2 rings (SSSR count). The molecule has 4 heteroatoms. The van der Waals surface area contributed by atoms with Crippen molar-refractivity contribution in [3.05, 3.63) is 30.2 Å². The Balaban J connectivity index is 2.85. The van der Waals surface area contributed by atoms with E-state index in [1.807, 2.05) is 0 Å². The Bertz CT molecular complexity index is 450. The van der Waals surface area contributed by atoms with Gasteiger partial charge in [0.15, 0.2) is 0 Å². The molecule has 1 N–H and O–H groups in total. The van der Waals surface area contributed by atoms with Gasteiger partial charge in [0.2, 0.25) is 0 Å². The fraction of sp³-hybridized carbons (Fsp3) is 0.111. The summed E-state index contributed by atoms with van der Waals surface area (Å²) in [5.74, 6) is 0. The Morgan fingerprint density at radius 2 is 2.00 bits per heavy atom. The van der Waals surface area contributed by atoms with Crippen molar-refractivity contribution in [3.8, 4) is 0 Å². The van der Waals surface area contributed by atoms with Crippen LogP contribution in [0.2, 0.25) is 0 Å². The highest BCUT2D eigenvalue weighted by atomic mass is 127. The van der Waals surface area contributed by atoms with Crippen LogP contribution in [0.5, 0.6) is 0 Å². The zero-order valence-electron chi connectivity index (χ0n) is 6.55. The van der Waals surface area contributed by atoms with E-state index < -0.39 is 0 Å². The molecule has 0 aliphatic rings. The molecule has 2 aromatic rings. The lowest BCUT2D eigenvalue weighted by atomic mass is 10.2. The molecule has 1 heterocycles. The molecule has 0 bridgehead atoms. The smallest absolute Gasteiger partial charge is 0.0706 e. The van der Waals surface area contributed by atoms with Crippen molar-refractivity contribution in [2.75, 3.05) is 0 Å². The second kappa shape index (κ2) is 4.00. The quantitative estimate of drug-likeness (QED) is 0.705. The van der Waals surface area contributed by atoms with Crippen LogP contribution in [0.1, 0.15) is 5.56 Å². The maximum absolute atomic E-state index is 9.23. The van der Waals surface area contributed by atoms with Crippen molar-refractivity contribution < 1.29 is 5.11 Å². The summed E-state index contributed by atoms with van der Waals surface area (Å²) in [4.78, 5) is 0. The van der Waals surface area contributed by atoms with E-state index in [0.717, 1.165) is 9.13 Å². The lowest BCUT2D eigenvalue weighted by Gasteiger charge is -2.01. The first-order valence-electron chi connectivity index (χ1n) is 3.69. The minimum atomic E-state index is 0.131. The largest absolute Gasteiger partial charge is 0.392 e. The van der Waals surface area contributed by atoms with Gasteiger partial charge in [0.1, 0.15) is 0 Å². The molecule has 0 saturated heterocycles. The molecule has 0 aliphatic carbocycles. The molecule has 1 nitrogen and oxygen atoms in total. The van der Waals surface area contributed by atoms with Gasteiger partial charge in [0, 0.05) is 28.2 Å². The van der Waals surface area contributed by atoms with Gasteiger partial charge in [-0.1, -0.05) is 6.07 Å². The molecule has 0 radical (unpaired) electrons. The van der Waals surface area contributed by atoms with Crippen molar-refractivity contribution in [3.63, 3.8) is 0 Å². The average Bonchev–Trinajstić information content (AvgIpc) is 2.48. The van der Waals surface area contributed by atoms with E-state index in [1.54, 1.807) is 11.3 Å². The van der Waals surface area contributed by atoms with Crippen LogP contribution in [-0.4, -0.2) is 5.11 Å². The van der Waals surface area contributed by atoms with E-state index >= 15 is 0 Å². The molecule has 0 amide bonds. The molecule has 0 spiro atoms. The van der Waals surface area contributed by atoms with Crippen LogP contribution in [0.3, 0.4) is 0 Å². The molecule has 0 aliphatic heterocycles. The van der Waals surface area contributed by atoms with Gasteiger partial charge in [-0.2, -0.15) is 0 Å². The Morgan fingerprint density at radius 1 is 1.23 bits per heavy atom. The Morgan fingerprint density at radius 3 is 2.69 bits per heavy atom. The third kappa shape index (κ3) is 1.73. The second-order valence-electron chi connectivity index (χ2n) is 2.64. The monoisotopic (exact) mass is 416 g/mol. The zero-order chi connectivity index (χ0) is 9.42. The summed E-state index contributed by atoms with van der Waals surface area (Å²) >= 11 is 6.29. The van der Waals surface area contributed by atoms with Crippen LogP contribution in [0.25, 0.3) is 10.1 Å². The highest BCUT2D eigenvalue weighted by molar-refractivity contribution is 14.1. The lowest BCUT2D eigenvalue weighted by Crippen LogP contribution is -1.87. The number of fused-ring (bicyclic) bond motifs is 1. The second-order valence-corrected chi connectivity index (χ2v) is 5.85. The summed E-state index contributed by atoms with van der Waals surface area (Å²) in [7, 11) is 0. The highest BCUT2D eigenvalue weighted by Crippen LogP contribution is 2.32. The Hall–Kier alpha value is 0.600. The number of aliphatic hydroxyl groups is 1. The van der Waals surface area contributed by atoms with Gasteiger partial charge in [-0.3, -0.25) is 0 Å². The molecule has 0 fully saturated rings. The first-order valence-corrected chi connectivity index (χ1v) is 6.72. The van der Waals surface area contributed by atoms with Gasteiger partial charge in [0.05, 0.1) is 6.61 Å². The summed E-state index contributed by atoms with van der Waals surface area (Å²) in [6.45, 7) is 0.131.